The van der Waals surface area contributed by atoms with Crippen LogP contribution in [0, 0.1) is 0 Å². The van der Waals surface area contributed by atoms with Crippen molar-refractivity contribution in [2.45, 2.75) is 70.1 Å². The second-order valence-corrected chi connectivity index (χ2v) is 7.80. The van der Waals surface area contributed by atoms with E-state index in [2.05, 4.69) is 34.8 Å². The molecule has 5 heteroatoms. The number of rotatable bonds is 2. The largest absolute Gasteiger partial charge is 0.490 e. The van der Waals surface area contributed by atoms with Crippen LogP contribution in [0.4, 0.5) is 0 Å². The zero-order valence-corrected chi connectivity index (χ0v) is 15.0. The number of ether oxygens (including phenoxy) is 2. The van der Waals surface area contributed by atoms with E-state index in [1.807, 2.05) is 6.08 Å². The van der Waals surface area contributed by atoms with Gasteiger partial charge in [-0.25, -0.2) is 4.79 Å². The highest BCUT2D eigenvalue weighted by atomic mass is 79.9. The molecule has 2 heterocycles. The number of isocyanates is 1. The molecule has 3 aliphatic rings. The number of carbonyl (C=O) groups excluding carboxylic acids is 1. The summed E-state index contributed by atoms with van der Waals surface area (Å²) in [6.07, 6.45) is 7.73. The lowest BCUT2D eigenvalue weighted by Gasteiger charge is -2.28. The SMILES string of the molecule is CC1Cc2c(c(Br)c3c(c2C2(N=C=O)CCCC2)OC(C)C3)O1. The first-order chi connectivity index (χ1) is 11.1. The van der Waals surface area contributed by atoms with Crippen molar-refractivity contribution in [1.29, 1.82) is 0 Å². The molecule has 0 bridgehead atoms. The topological polar surface area (TPSA) is 47.9 Å². The van der Waals surface area contributed by atoms with Gasteiger partial charge in [0.25, 0.3) is 0 Å². The molecule has 2 aliphatic heterocycles. The molecule has 0 spiro atoms. The third-order valence-electron chi connectivity index (χ3n) is 5.32. The van der Waals surface area contributed by atoms with Gasteiger partial charge in [0.2, 0.25) is 6.08 Å². The fourth-order valence-electron chi connectivity index (χ4n) is 4.42. The van der Waals surface area contributed by atoms with E-state index in [4.69, 9.17) is 9.47 Å². The third kappa shape index (κ3) is 2.17. The Labute approximate surface area is 144 Å². The van der Waals surface area contributed by atoms with Crippen LogP contribution in [-0.2, 0) is 23.2 Å². The molecule has 4 rings (SSSR count). The lowest BCUT2D eigenvalue weighted by atomic mass is 9.82. The number of fused-ring (bicyclic) bond motifs is 2. The van der Waals surface area contributed by atoms with Crippen molar-refractivity contribution < 1.29 is 14.3 Å². The number of aliphatic imine (C=N–C) groups is 1. The summed E-state index contributed by atoms with van der Waals surface area (Å²) >= 11 is 3.72. The van der Waals surface area contributed by atoms with E-state index < -0.39 is 5.54 Å². The molecule has 1 fully saturated rings. The Morgan fingerprint density at radius 1 is 1.09 bits per heavy atom. The molecular formula is C18H20BrNO3. The summed E-state index contributed by atoms with van der Waals surface area (Å²) in [6, 6.07) is 0. The van der Waals surface area contributed by atoms with Gasteiger partial charge < -0.3 is 9.47 Å². The molecular weight excluding hydrogens is 358 g/mol. The van der Waals surface area contributed by atoms with Gasteiger partial charge in [-0.05, 0) is 42.6 Å². The Morgan fingerprint density at radius 3 is 2.35 bits per heavy atom. The second-order valence-electron chi connectivity index (χ2n) is 7.01. The van der Waals surface area contributed by atoms with E-state index in [0.29, 0.717) is 0 Å². The predicted octanol–water partition coefficient (Wildman–Crippen LogP) is 4.20. The van der Waals surface area contributed by atoms with E-state index in [1.165, 1.54) is 0 Å². The zero-order valence-electron chi connectivity index (χ0n) is 13.4. The molecule has 2 atom stereocenters. The average Bonchev–Trinajstić information content (AvgIpc) is 3.19. The van der Waals surface area contributed by atoms with E-state index in [0.717, 1.165) is 71.2 Å². The molecule has 0 saturated heterocycles. The van der Waals surface area contributed by atoms with Crippen molar-refractivity contribution in [2.24, 2.45) is 4.99 Å². The lowest BCUT2D eigenvalue weighted by molar-refractivity contribution is 0.247. The standard InChI is InChI=1S/C18H20BrNO3/c1-10-7-12-14(18(20-9-21)5-3-4-6-18)16-13(8-11(2)22-16)15(19)17(12)23-10/h10-11H,3-8H2,1-2H3. The number of hydrogen-bond donors (Lipinski definition) is 0. The molecule has 0 radical (unpaired) electrons. The Hall–Kier alpha value is -1.32. The minimum atomic E-state index is -0.478. The van der Waals surface area contributed by atoms with E-state index in [-0.39, 0.29) is 12.2 Å². The monoisotopic (exact) mass is 377 g/mol. The molecule has 1 aliphatic carbocycles. The third-order valence-corrected chi connectivity index (χ3v) is 6.16. The fourth-order valence-corrected chi connectivity index (χ4v) is 5.09. The van der Waals surface area contributed by atoms with Gasteiger partial charge in [0.1, 0.15) is 29.2 Å². The van der Waals surface area contributed by atoms with Gasteiger partial charge in [-0.3, -0.25) is 0 Å². The van der Waals surface area contributed by atoms with E-state index in [9.17, 15) is 4.79 Å². The maximum absolute atomic E-state index is 11.2. The molecule has 1 aromatic carbocycles. The first kappa shape index (κ1) is 15.2. The summed E-state index contributed by atoms with van der Waals surface area (Å²) in [5.41, 5.74) is 2.94. The molecule has 23 heavy (non-hydrogen) atoms. The summed E-state index contributed by atoms with van der Waals surface area (Å²) in [7, 11) is 0. The summed E-state index contributed by atoms with van der Waals surface area (Å²) < 4.78 is 13.3. The van der Waals surface area contributed by atoms with Crippen LogP contribution < -0.4 is 9.47 Å². The van der Waals surface area contributed by atoms with Crippen molar-refractivity contribution in [3.63, 3.8) is 0 Å². The van der Waals surface area contributed by atoms with Gasteiger partial charge in [0.05, 0.1) is 4.47 Å². The van der Waals surface area contributed by atoms with Crippen LogP contribution in [0.2, 0.25) is 0 Å². The summed E-state index contributed by atoms with van der Waals surface area (Å²) in [4.78, 5) is 15.5. The predicted molar refractivity (Wildman–Crippen MR) is 90.0 cm³/mol. The maximum Gasteiger partial charge on any atom is 0.235 e. The molecule has 0 aromatic heterocycles. The van der Waals surface area contributed by atoms with Crippen molar-refractivity contribution >= 4 is 22.0 Å². The minimum Gasteiger partial charge on any atom is -0.490 e. The van der Waals surface area contributed by atoms with Gasteiger partial charge >= 0.3 is 0 Å². The molecule has 1 aromatic rings. The first-order valence-electron chi connectivity index (χ1n) is 8.36. The van der Waals surface area contributed by atoms with Crippen LogP contribution in [0.15, 0.2) is 9.47 Å². The summed E-state index contributed by atoms with van der Waals surface area (Å²) in [5.74, 6) is 1.86. The molecule has 1 saturated carbocycles. The van der Waals surface area contributed by atoms with Crippen molar-refractivity contribution in [3.8, 4) is 11.5 Å². The number of benzene rings is 1. The van der Waals surface area contributed by atoms with Crippen LogP contribution >= 0.6 is 15.9 Å². The van der Waals surface area contributed by atoms with Crippen LogP contribution in [0.25, 0.3) is 0 Å². The molecule has 0 N–H and O–H groups in total. The van der Waals surface area contributed by atoms with Crippen LogP contribution in [0.5, 0.6) is 11.5 Å². The van der Waals surface area contributed by atoms with Crippen LogP contribution in [0.3, 0.4) is 0 Å². The normalized spacial score (nSPS) is 26.9. The Morgan fingerprint density at radius 2 is 1.70 bits per heavy atom. The first-order valence-corrected chi connectivity index (χ1v) is 9.15. The van der Waals surface area contributed by atoms with E-state index in [1.54, 1.807) is 0 Å². The Bertz CT molecular complexity index is 678. The summed E-state index contributed by atoms with van der Waals surface area (Å²) in [5, 5.41) is 0. The Balaban J connectivity index is 2.01. The van der Waals surface area contributed by atoms with Crippen molar-refractivity contribution in [3.05, 3.63) is 21.2 Å². The van der Waals surface area contributed by atoms with Gasteiger partial charge in [-0.15, -0.1) is 0 Å². The number of nitrogens with zero attached hydrogens (tertiary/aromatic N) is 1. The highest BCUT2D eigenvalue weighted by Gasteiger charge is 2.46. The fraction of sp³-hybridized carbons (Fsp3) is 0.611. The molecule has 2 unspecified atom stereocenters. The summed E-state index contributed by atoms with van der Waals surface area (Å²) in [6.45, 7) is 4.16. The quantitative estimate of drug-likeness (QED) is 0.573. The molecule has 122 valence electrons. The van der Waals surface area contributed by atoms with Crippen molar-refractivity contribution in [2.75, 3.05) is 0 Å². The maximum atomic E-state index is 11.2. The van der Waals surface area contributed by atoms with Gasteiger partial charge in [0, 0.05) is 29.5 Å². The Kier molecular flexibility index (Phi) is 3.54. The zero-order chi connectivity index (χ0) is 16.2. The highest BCUT2D eigenvalue weighted by molar-refractivity contribution is 9.10. The molecule has 0 amide bonds. The molecule has 4 nitrogen and oxygen atoms in total. The number of hydrogen-bond acceptors (Lipinski definition) is 4. The van der Waals surface area contributed by atoms with Crippen molar-refractivity contribution in [1.82, 2.24) is 0 Å². The highest BCUT2D eigenvalue weighted by Crippen LogP contribution is 2.56. The second kappa shape index (κ2) is 5.35. The van der Waals surface area contributed by atoms with Gasteiger partial charge in [-0.2, -0.15) is 4.99 Å². The van der Waals surface area contributed by atoms with Gasteiger partial charge in [0.15, 0.2) is 0 Å². The smallest absolute Gasteiger partial charge is 0.235 e. The minimum absolute atomic E-state index is 0.138. The van der Waals surface area contributed by atoms with Crippen LogP contribution in [0.1, 0.15) is 56.2 Å². The van der Waals surface area contributed by atoms with E-state index >= 15 is 0 Å². The number of halogens is 1. The van der Waals surface area contributed by atoms with Crippen LogP contribution in [-0.4, -0.2) is 18.3 Å². The average molecular weight is 378 g/mol. The lowest BCUT2D eigenvalue weighted by Crippen LogP contribution is -2.22. The van der Waals surface area contributed by atoms with Gasteiger partial charge in [-0.1, -0.05) is 12.8 Å².